The van der Waals surface area contributed by atoms with Crippen LogP contribution in [0.3, 0.4) is 0 Å². The second-order valence-electron chi connectivity index (χ2n) is 4.74. The van der Waals surface area contributed by atoms with Crippen LogP contribution in [0.25, 0.3) is 0 Å². The summed E-state index contributed by atoms with van der Waals surface area (Å²) in [7, 11) is 1.64. The normalized spacial score (nSPS) is 24.2. The van der Waals surface area contributed by atoms with Crippen molar-refractivity contribution in [3.05, 3.63) is 0 Å². The average Bonchev–Trinajstić information content (AvgIpc) is 3.00. The minimum atomic E-state index is -0.306. The fourth-order valence-corrected chi connectivity index (χ4v) is 1.96. The van der Waals surface area contributed by atoms with Crippen LogP contribution >= 0.6 is 0 Å². The molecule has 0 amide bonds. The van der Waals surface area contributed by atoms with Gasteiger partial charge in [0.05, 0.1) is 12.7 Å². The standard InChI is InChI=1S/C11H21NO2/c1-14-8-11(13)7-12(10-4-5-10)6-9-2-3-9/h9-11,13H,2-8H2,1H3. The molecule has 2 saturated carbocycles. The summed E-state index contributed by atoms with van der Waals surface area (Å²) in [6, 6.07) is 0.766. The number of hydrogen-bond donors (Lipinski definition) is 1. The summed E-state index contributed by atoms with van der Waals surface area (Å²) in [5.74, 6) is 0.922. The van der Waals surface area contributed by atoms with E-state index < -0.39 is 0 Å². The van der Waals surface area contributed by atoms with Gasteiger partial charge in [-0.25, -0.2) is 0 Å². The maximum atomic E-state index is 9.66. The molecule has 1 atom stereocenters. The molecule has 2 rings (SSSR count). The van der Waals surface area contributed by atoms with E-state index in [1.54, 1.807) is 7.11 Å². The van der Waals surface area contributed by atoms with Crippen LogP contribution in [0, 0.1) is 5.92 Å². The topological polar surface area (TPSA) is 32.7 Å². The van der Waals surface area contributed by atoms with Crippen molar-refractivity contribution in [2.45, 2.75) is 37.8 Å². The molecule has 14 heavy (non-hydrogen) atoms. The molecule has 0 saturated heterocycles. The number of methoxy groups -OCH3 is 1. The van der Waals surface area contributed by atoms with E-state index in [9.17, 15) is 5.11 Å². The maximum Gasteiger partial charge on any atom is 0.0900 e. The van der Waals surface area contributed by atoms with E-state index in [-0.39, 0.29) is 6.10 Å². The van der Waals surface area contributed by atoms with E-state index >= 15 is 0 Å². The third kappa shape index (κ3) is 3.23. The largest absolute Gasteiger partial charge is 0.389 e. The second-order valence-corrected chi connectivity index (χ2v) is 4.74. The minimum absolute atomic E-state index is 0.306. The fraction of sp³-hybridized carbons (Fsp3) is 1.00. The molecule has 1 unspecified atom stereocenters. The molecule has 1 N–H and O–H groups in total. The van der Waals surface area contributed by atoms with Crippen LogP contribution < -0.4 is 0 Å². The molecule has 3 heteroatoms. The van der Waals surface area contributed by atoms with Gasteiger partial charge in [-0.1, -0.05) is 0 Å². The zero-order valence-electron chi connectivity index (χ0n) is 8.98. The SMILES string of the molecule is COCC(O)CN(CC1CC1)C1CC1. The van der Waals surface area contributed by atoms with Crippen molar-refractivity contribution in [2.75, 3.05) is 26.8 Å². The zero-order valence-corrected chi connectivity index (χ0v) is 8.98. The molecule has 2 aliphatic carbocycles. The fourth-order valence-electron chi connectivity index (χ4n) is 1.96. The van der Waals surface area contributed by atoms with E-state index in [4.69, 9.17) is 4.74 Å². The first-order valence-electron chi connectivity index (χ1n) is 5.70. The minimum Gasteiger partial charge on any atom is -0.389 e. The highest BCUT2D eigenvalue weighted by Crippen LogP contribution is 2.34. The first kappa shape index (κ1) is 10.4. The number of ether oxygens (including phenoxy) is 1. The number of rotatable bonds is 7. The Balaban J connectivity index is 1.71. The first-order chi connectivity index (χ1) is 6.79. The molecule has 82 valence electrons. The molecular weight excluding hydrogens is 178 g/mol. The van der Waals surface area contributed by atoms with E-state index in [2.05, 4.69) is 4.90 Å². The molecular formula is C11H21NO2. The smallest absolute Gasteiger partial charge is 0.0900 e. The van der Waals surface area contributed by atoms with Crippen LogP contribution in [0.2, 0.25) is 0 Å². The van der Waals surface area contributed by atoms with Crippen LogP contribution in [0.4, 0.5) is 0 Å². The van der Waals surface area contributed by atoms with Crippen LogP contribution in [0.5, 0.6) is 0 Å². The van der Waals surface area contributed by atoms with E-state index in [1.807, 2.05) is 0 Å². The van der Waals surface area contributed by atoms with Gasteiger partial charge in [0, 0.05) is 26.2 Å². The Bertz CT molecular complexity index is 178. The number of hydrogen-bond acceptors (Lipinski definition) is 3. The van der Waals surface area contributed by atoms with E-state index in [1.165, 1.54) is 32.2 Å². The molecule has 0 bridgehead atoms. The molecule has 2 fully saturated rings. The van der Waals surface area contributed by atoms with Crippen molar-refractivity contribution in [1.82, 2.24) is 4.90 Å². The van der Waals surface area contributed by atoms with Gasteiger partial charge in [-0.3, -0.25) is 4.90 Å². The van der Waals surface area contributed by atoms with Crippen LogP contribution in [0.1, 0.15) is 25.7 Å². The molecule has 0 aromatic heterocycles. The second kappa shape index (κ2) is 4.60. The van der Waals surface area contributed by atoms with Crippen molar-refractivity contribution in [2.24, 2.45) is 5.92 Å². The monoisotopic (exact) mass is 199 g/mol. The lowest BCUT2D eigenvalue weighted by atomic mass is 10.3. The van der Waals surface area contributed by atoms with E-state index in [0.29, 0.717) is 6.61 Å². The van der Waals surface area contributed by atoms with Gasteiger partial charge in [0.1, 0.15) is 0 Å². The first-order valence-corrected chi connectivity index (χ1v) is 5.70. The maximum absolute atomic E-state index is 9.66. The molecule has 3 nitrogen and oxygen atoms in total. The van der Waals surface area contributed by atoms with Crippen molar-refractivity contribution < 1.29 is 9.84 Å². The highest BCUT2D eigenvalue weighted by molar-refractivity contribution is 4.89. The Morgan fingerprint density at radius 2 is 2.07 bits per heavy atom. The number of nitrogens with zero attached hydrogens (tertiary/aromatic N) is 1. The van der Waals surface area contributed by atoms with Gasteiger partial charge in [0.25, 0.3) is 0 Å². The van der Waals surface area contributed by atoms with Gasteiger partial charge in [-0.05, 0) is 31.6 Å². The Labute approximate surface area is 86.0 Å². The van der Waals surface area contributed by atoms with Crippen LogP contribution in [0.15, 0.2) is 0 Å². The van der Waals surface area contributed by atoms with Gasteiger partial charge >= 0.3 is 0 Å². The quantitative estimate of drug-likeness (QED) is 0.660. The Hall–Kier alpha value is -0.120. The van der Waals surface area contributed by atoms with Gasteiger partial charge in [0.2, 0.25) is 0 Å². The summed E-state index contributed by atoms with van der Waals surface area (Å²) >= 11 is 0. The van der Waals surface area contributed by atoms with Gasteiger partial charge in [-0.15, -0.1) is 0 Å². The average molecular weight is 199 g/mol. The molecule has 0 aromatic rings. The summed E-state index contributed by atoms with van der Waals surface area (Å²) in [5, 5.41) is 9.66. The van der Waals surface area contributed by atoms with E-state index in [0.717, 1.165) is 18.5 Å². The third-order valence-electron chi connectivity index (χ3n) is 3.06. The highest BCUT2D eigenvalue weighted by atomic mass is 16.5. The number of aliphatic hydroxyl groups is 1. The van der Waals surface area contributed by atoms with Crippen LogP contribution in [-0.2, 0) is 4.74 Å². The predicted octanol–water partition coefficient (Wildman–Crippen LogP) is 0.868. The highest BCUT2D eigenvalue weighted by Gasteiger charge is 2.34. The van der Waals surface area contributed by atoms with Crippen LogP contribution in [-0.4, -0.2) is 49.0 Å². The Kier molecular flexibility index (Phi) is 3.42. The molecule has 0 heterocycles. The van der Waals surface area contributed by atoms with Crippen molar-refractivity contribution in [1.29, 1.82) is 0 Å². The molecule has 0 spiro atoms. The number of aliphatic hydroxyl groups excluding tert-OH is 1. The lowest BCUT2D eigenvalue weighted by Gasteiger charge is -2.24. The van der Waals surface area contributed by atoms with Crippen molar-refractivity contribution >= 4 is 0 Å². The summed E-state index contributed by atoms with van der Waals surface area (Å²) in [5.41, 5.74) is 0. The Morgan fingerprint density at radius 1 is 1.36 bits per heavy atom. The molecule has 0 radical (unpaired) electrons. The summed E-state index contributed by atoms with van der Waals surface area (Å²) < 4.78 is 4.95. The molecule has 0 aromatic carbocycles. The van der Waals surface area contributed by atoms with Gasteiger partial charge in [0.15, 0.2) is 0 Å². The summed E-state index contributed by atoms with van der Waals surface area (Å²) in [4.78, 5) is 2.46. The summed E-state index contributed by atoms with van der Waals surface area (Å²) in [6.45, 7) is 2.47. The van der Waals surface area contributed by atoms with Gasteiger partial charge < -0.3 is 9.84 Å². The summed E-state index contributed by atoms with van der Waals surface area (Å²) in [6.07, 6.45) is 5.13. The predicted molar refractivity (Wildman–Crippen MR) is 55.2 cm³/mol. The van der Waals surface area contributed by atoms with Crippen molar-refractivity contribution in [3.63, 3.8) is 0 Å². The molecule has 2 aliphatic rings. The lowest BCUT2D eigenvalue weighted by Crippen LogP contribution is -2.37. The Morgan fingerprint density at radius 3 is 2.57 bits per heavy atom. The zero-order chi connectivity index (χ0) is 9.97. The third-order valence-corrected chi connectivity index (χ3v) is 3.06. The lowest BCUT2D eigenvalue weighted by molar-refractivity contribution is 0.0346. The molecule has 0 aliphatic heterocycles. The van der Waals surface area contributed by atoms with Crippen molar-refractivity contribution in [3.8, 4) is 0 Å². The van der Waals surface area contributed by atoms with Gasteiger partial charge in [-0.2, -0.15) is 0 Å².